The minimum absolute atomic E-state index is 0.0345. The van der Waals surface area contributed by atoms with Crippen molar-refractivity contribution in [3.63, 3.8) is 0 Å². The maximum atomic E-state index is 12.8. The Morgan fingerprint density at radius 1 is 1.15 bits per heavy atom. The Hall–Kier alpha value is -3.64. The number of carbonyl (C=O) groups excluding carboxylic acids is 1. The van der Waals surface area contributed by atoms with Gasteiger partial charge in [-0.15, -0.1) is 12.3 Å². The third-order valence-corrected chi connectivity index (χ3v) is 8.41. The standard InChI is InChI=1S/C32H44N8O/c1-5-6-19-39(20-18-33-17-16-31(2,3)4)25-11-13-27(34-22-25)37-30-35-21-24-10-12-26-29(41)36-23-32(14-8-7-9-15-32)40(26)28(24)38-30/h1,10-13,21-22,26,33H,6-9,14-20,23H2,2-4H3,(H,36,41)(H,34,35,37,38). The molecule has 1 atom stereocenters. The van der Waals surface area contributed by atoms with Gasteiger partial charge in [-0.2, -0.15) is 4.98 Å². The lowest BCUT2D eigenvalue weighted by molar-refractivity contribution is -0.123. The average molecular weight is 557 g/mol. The fourth-order valence-electron chi connectivity index (χ4n) is 6.09. The van der Waals surface area contributed by atoms with Gasteiger partial charge in [0.25, 0.3) is 0 Å². The fraction of sp³-hybridized carbons (Fsp3) is 0.562. The molecule has 5 rings (SSSR count). The van der Waals surface area contributed by atoms with Gasteiger partial charge in [0, 0.05) is 44.4 Å². The molecule has 0 bridgehead atoms. The van der Waals surface area contributed by atoms with Crippen molar-refractivity contribution >= 4 is 35.3 Å². The van der Waals surface area contributed by atoms with Gasteiger partial charge in [0.2, 0.25) is 11.9 Å². The van der Waals surface area contributed by atoms with Gasteiger partial charge in [0.1, 0.15) is 17.7 Å². The van der Waals surface area contributed by atoms with Gasteiger partial charge >= 0.3 is 0 Å². The minimum atomic E-state index is -0.341. The molecule has 2 aliphatic heterocycles. The number of nitrogens with one attached hydrogen (secondary N) is 3. The van der Waals surface area contributed by atoms with E-state index in [9.17, 15) is 4.79 Å². The highest BCUT2D eigenvalue weighted by atomic mass is 16.2. The first-order valence-corrected chi connectivity index (χ1v) is 15.0. The number of pyridine rings is 1. The van der Waals surface area contributed by atoms with Crippen molar-refractivity contribution in [2.45, 2.75) is 77.3 Å². The number of terminal acetylenes is 1. The number of nitrogens with zero attached hydrogens (tertiary/aromatic N) is 5. The minimum Gasteiger partial charge on any atom is -0.368 e. The SMILES string of the molecule is C#CCCN(CCNCCC(C)(C)C)c1ccc(Nc2ncc3c(n2)N2C(C=C3)C(=O)NCC23CCCCC3)nc1. The lowest BCUT2D eigenvalue weighted by Crippen LogP contribution is -2.69. The van der Waals surface area contributed by atoms with Crippen LogP contribution in [0, 0.1) is 17.8 Å². The van der Waals surface area contributed by atoms with Crippen molar-refractivity contribution in [1.29, 1.82) is 0 Å². The zero-order chi connectivity index (χ0) is 28.9. The molecular weight excluding hydrogens is 512 g/mol. The lowest BCUT2D eigenvalue weighted by Gasteiger charge is -2.54. The Morgan fingerprint density at radius 3 is 2.71 bits per heavy atom. The van der Waals surface area contributed by atoms with E-state index < -0.39 is 0 Å². The van der Waals surface area contributed by atoms with Crippen LogP contribution in [0.1, 0.15) is 71.3 Å². The van der Waals surface area contributed by atoms with E-state index in [1.165, 1.54) is 6.42 Å². The summed E-state index contributed by atoms with van der Waals surface area (Å²) >= 11 is 0. The number of fused-ring (bicyclic) bond motifs is 4. The highest BCUT2D eigenvalue weighted by Gasteiger charge is 2.49. The molecule has 9 nitrogen and oxygen atoms in total. The Balaban J connectivity index is 1.28. The molecule has 1 saturated heterocycles. The number of hydrogen-bond acceptors (Lipinski definition) is 8. The van der Waals surface area contributed by atoms with E-state index >= 15 is 0 Å². The smallest absolute Gasteiger partial charge is 0.246 e. The summed E-state index contributed by atoms with van der Waals surface area (Å²) in [5.74, 6) is 4.76. The van der Waals surface area contributed by atoms with Crippen LogP contribution in [-0.2, 0) is 4.79 Å². The highest BCUT2D eigenvalue weighted by Crippen LogP contribution is 2.42. The molecule has 0 radical (unpaired) electrons. The van der Waals surface area contributed by atoms with Crippen LogP contribution in [0.4, 0.5) is 23.3 Å². The second kappa shape index (κ2) is 12.5. The first-order valence-electron chi connectivity index (χ1n) is 15.0. The molecule has 41 heavy (non-hydrogen) atoms. The van der Waals surface area contributed by atoms with Crippen molar-refractivity contribution in [3.05, 3.63) is 36.2 Å². The number of amides is 1. The zero-order valence-electron chi connectivity index (χ0n) is 24.7. The van der Waals surface area contributed by atoms with E-state index in [-0.39, 0.29) is 17.5 Å². The predicted molar refractivity (Wildman–Crippen MR) is 166 cm³/mol. The number of aromatic nitrogens is 3. The van der Waals surface area contributed by atoms with Gasteiger partial charge in [-0.25, -0.2) is 9.97 Å². The van der Waals surface area contributed by atoms with Crippen LogP contribution < -0.4 is 25.8 Å². The lowest BCUT2D eigenvalue weighted by atomic mass is 9.77. The summed E-state index contributed by atoms with van der Waals surface area (Å²) in [5.41, 5.74) is 2.19. The monoisotopic (exact) mass is 556 g/mol. The summed E-state index contributed by atoms with van der Waals surface area (Å²) in [6, 6.07) is 3.67. The van der Waals surface area contributed by atoms with Crippen LogP contribution in [0.25, 0.3) is 6.08 Å². The van der Waals surface area contributed by atoms with Crippen molar-refractivity contribution < 1.29 is 4.79 Å². The molecule has 1 saturated carbocycles. The molecule has 2 fully saturated rings. The predicted octanol–water partition coefficient (Wildman–Crippen LogP) is 4.51. The number of anilines is 4. The van der Waals surface area contributed by atoms with Crippen LogP contribution in [0.5, 0.6) is 0 Å². The molecule has 0 aromatic carbocycles. The first-order chi connectivity index (χ1) is 19.8. The third-order valence-electron chi connectivity index (χ3n) is 8.41. The summed E-state index contributed by atoms with van der Waals surface area (Å²) in [6.07, 6.45) is 20.7. The van der Waals surface area contributed by atoms with E-state index in [1.807, 2.05) is 30.6 Å². The average Bonchev–Trinajstić information content (AvgIpc) is 2.96. The van der Waals surface area contributed by atoms with E-state index in [0.717, 1.165) is 75.4 Å². The van der Waals surface area contributed by atoms with Crippen molar-refractivity contribution in [1.82, 2.24) is 25.6 Å². The van der Waals surface area contributed by atoms with Crippen LogP contribution in [0.15, 0.2) is 30.6 Å². The van der Waals surface area contributed by atoms with Crippen LogP contribution >= 0.6 is 0 Å². The summed E-state index contributed by atoms with van der Waals surface area (Å²) in [4.78, 5) is 31.6. The second-order valence-electron chi connectivity index (χ2n) is 12.7. The maximum absolute atomic E-state index is 12.8. The second-order valence-corrected chi connectivity index (χ2v) is 12.7. The molecule has 1 amide bonds. The molecule has 1 spiro atoms. The number of carbonyl (C=O) groups is 1. The molecular formula is C32H44N8O. The Bertz CT molecular complexity index is 1270. The quantitative estimate of drug-likeness (QED) is 0.291. The summed E-state index contributed by atoms with van der Waals surface area (Å²) in [7, 11) is 0. The molecule has 4 heterocycles. The fourth-order valence-corrected chi connectivity index (χ4v) is 6.09. The van der Waals surface area contributed by atoms with Crippen molar-refractivity contribution in [3.8, 4) is 12.3 Å². The molecule has 3 N–H and O–H groups in total. The Kier molecular flexibility index (Phi) is 8.79. The molecule has 2 aromatic heterocycles. The first kappa shape index (κ1) is 28.9. The van der Waals surface area contributed by atoms with Crippen molar-refractivity contribution in [2.75, 3.05) is 47.8 Å². The van der Waals surface area contributed by atoms with Gasteiger partial charge in [-0.05, 0) is 43.4 Å². The Labute approximate surface area is 244 Å². The topological polar surface area (TPSA) is 98.3 Å². The molecule has 2 aromatic rings. The molecule has 218 valence electrons. The largest absolute Gasteiger partial charge is 0.368 e. The van der Waals surface area contributed by atoms with Crippen molar-refractivity contribution in [2.24, 2.45) is 5.41 Å². The van der Waals surface area contributed by atoms with Gasteiger partial charge in [0.15, 0.2) is 0 Å². The third kappa shape index (κ3) is 6.82. The number of rotatable bonds is 10. The molecule has 1 unspecified atom stereocenters. The van der Waals surface area contributed by atoms with Gasteiger partial charge < -0.3 is 25.8 Å². The van der Waals surface area contributed by atoms with Crippen LogP contribution in [0.2, 0.25) is 0 Å². The Morgan fingerprint density at radius 2 is 1.98 bits per heavy atom. The number of hydrogen-bond donors (Lipinski definition) is 3. The maximum Gasteiger partial charge on any atom is 0.246 e. The zero-order valence-corrected chi connectivity index (χ0v) is 24.7. The van der Waals surface area contributed by atoms with E-state index in [4.69, 9.17) is 11.4 Å². The van der Waals surface area contributed by atoms with Crippen LogP contribution in [0.3, 0.4) is 0 Å². The van der Waals surface area contributed by atoms with E-state index in [2.05, 4.69) is 68.5 Å². The summed E-state index contributed by atoms with van der Waals surface area (Å²) < 4.78 is 0. The normalized spacial score (nSPS) is 19.2. The highest BCUT2D eigenvalue weighted by molar-refractivity contribution is 5.93. The summed E-state index contributed by atoms with van der Waals surface area (Å²) in [5, 5.41) is 10.0. The number of piperazine rings is 1. The van der Waals surface area contributed by atoms with Crippen LogP contribution in [-0.4, -0.2) is 65.2 Å². The van der Waals surface area contributed by atoms with Gasteiger partial charge in [-0.3, -0.25) is 4.79 Å². The van der Waals surface area contributed by atoms with E-state index in [0.29, 0.717) is 30.1 Å². The van der Waals surface area contributed by atoms with Gasteiger partial charge in [-0.1, -0.05) is 52.2 Å². The molecule has 3 aliphatic rings. The molecule has 9 heteroatoms. The van der Waals surface area contributed by atoms with Gasteiger partial charge in [0.05, 0.1) is 17.4 Å². The molecule has 1 aliphatic carbocycles. The van der Waals surface area contributed by atoms with E-state index in [1.54, 1.807) is 0 Å². The summed E-state index contributed by atoms with van der Waals surface area (Å²) in [6.45, 7) is 11.0.